The van der Waals surface area contributed by atoms with E-state index in [1.54, 1.807) is 0 Å². The average Bonchev–Trinajstić information content (AvgIpc) is 2.33. The maximum Gasteiger partial charge on any atom is 0.00495 e. The second-order valence-corrected chi connectivity index (χ2v) is 11.0. The Kier molecular flexibility index (Phi) is 6.94. The molecule has 2 aliphatic rings. The molecule has 0 aromatic carbocycles. The van der Waals surface area contributed by atoms with Crippen molar-refractivity contribution in [3.8, 4) is 0 Å². The molecule has 4 nitrogen and oxygen atoms in total. The first-order valence-electron chi connectivity index (χ1n) is 9.65. The van der Waals surface area contributed by atoms with Gasteiger partial charge in [-0.1, -0.05) is 41.5 Å². The molecule has 4 heteroatoms. The van der Waals surface area contributed by atoms with E-state index >= 15 is 0 Å². The van der Waals surface area contributed by atoms with Crippen LogP contribution in [0.25, 0.3) is 0 Å². The molecule has 2 fully saturated rings. The summed E-state index contributed by atoms with van der Waals surface area (Å²) in [6.45, 7) is 15.2. The third-order valence-corrected chi connectivity index (χ3v) is 5.94. The predicted octanol–water partition coefficient (Wildman–Crippen LogP) is 2.98. The number of hydrogen-bond donors (Lipinski definition) is 4. The Balaban J connectivity index is 0.000000240. The van der Waals surface area contributed by atoms with Gasteiger partial charge in [0.1, 0.15) is 0 Å². The van der Waals surface area contributed by atoms with Crippen molar-refractivity contribution in [2.75, 3.05) is 13.1 Å². The quantitative estimate of drug-likeness (QED) is 0.620. The van der Waals surface area contributed by atoms with Crippen molar-refractivity contribution >= 4 is 0 Å². The van der Waals surface area contributed by atoms with Crippen LogP contribution in [-0.4, -0.2) is 25.2 Å². The summed E-state index contributed by atoms with van der Waals surface area (Å²) >= 11 is 0. The fourth-order valence-electron chi connectivity index (χ4n) is 5.74. The minimum atomic E-state index is 0.279. The summed E-state index contributed by atoms with van der Waals surface area (Å²) in [4.78, 5) is 0. The van der Waals surface area contributed by atoms with Crippen molar-refractivity contribution in [1.82, 2.24) is 0 Å². The molecule has 24 heavy (non-hydrogen) atoms. The van der Waals surface area contributed by atoms with Crippen LogP contribution >= 0.6 is 0 Å². The highest BCUT2D eigenvalue weighted by Crippen LogP contribution is 2.45. The van der Waals surface area contributed by atoms with Crippen molar-refractivity contribution in [2.45, 2.75) is 92.2 Å². The average molecular weight is 341 g/mol. The number of nitrogens with two attached hydrogens (primary N) is 4. The lowest BCUT2D eigenvalue weighted by molar-refractivity contribution is 0.0900. The first-order valence-corrected chi connectivity index (χ1v) is 9.65. The van der Waals surface area contributed by atoms with Gasteiger partial charge in [-0.05, 0) is 73.3 Å². The SMILES string of the molecule is CC1(C)C[C@@H](N)C[C@@](C)(CN)C1.CC1(C)C[C@H](N)C[C@@](C)(CN)C1. The fourth-order valence-corrected chi connectivity index (χ4v) is 5.74. The molecule has 8 N–H and O–H groups in total. The molecular weight excluding hydrogens is 296 g/mol. The van der Waals surface area contributed by atoms with Gasteiger partial charge in [0, 0.05) is 12.1 Å². The van der Waals surface area contributed by atoms with Gasteiger partial charge in [-0.2, -0.15) is 0 Å². The monoisotopic (exact) mass is 340 g/mol. The maximum atomic E-state index is 6.01. The minimum absolute atomic E-state index is 0.279. The highest BCUT2D eigenvalue weighted by atomic mass is 14.7. The lowest BCUT2D eigenvalue weighted by atomic mass is 9.63. The van der Waals surface area contributed by atoms with Gasteiger partial charge in [0.25, 0.3) is 0 Å². The number of rotatable bonds is 2. The molecular formula is C20H44N4. The van der Waals surface area contributed by atoms with Crippen LogP contribution in [0.4, 0.5) is 0 Å². The maximum absolute atomic E-state index is 6.01. The molecule has 4 atom stereocenters. The van der Waals surface area contributed by atoms with E-state index in [1.165, 1.54) is 12.8 Å². The smallest absolute Gasteiger partial charge is 0.00495 e. The molecule has 0 aromatic rings. The van der Waals surface area contributed by atoms with Gasteiger partial charge in [-0.25, -0.2) is 0 Å². The predicted molar refractivity (Wildman–Crippen MR) is 106 cm³/mol. The first kappa shape index (κ1) is 21.9. The molecule has 0 unspecified atom stereocenters. The second-order valence-electron chi connectivity index (χ2n) is 11.0. The summed E-state index contributed by atoms with van der Waals surface area (Å²) in [6.07, 6.45) is 6.89. The van der Waals surface area contributed by atoms with E-state index in [1.807, 2.05) is 0 Å². The second kappa shape index (κ2) is 7.61. The van der Waals surface area contributed by atoms with E-state index in [9.17, 15) is 0 Å². The Morgan fingerprint density at radius 1 is 0.625 bits per heavy atom. The Hall–Kier alpha value is -0.160. The number of hydrogen-bond acceptors (Lipinski definition) is 4. The summed E-state index contributed by atoms with van der Waals surface area (Å²) in [5.41, 5.74) is 24.9. The van der Waals surface area contributed by atoms with E-state index < -0.39 is 0 Å². The van der Waals surface area contributed by atoms with E-state index in [0.29, 0.717) is 22.9 Å². The molecule has 0 saturated heterocycles. The molecule has 2 rings (SSSR count). The molecule has 0 amide bonds. The van der Waals surface area contributed by atoms with Crippen LogP contribution in [0.5, 0.6) is 0 Å². The van der Waals surface area contributed by atoms with Gasteiger partial charge in [-0.3, -0.25) is 0 Å². The largest absolute Gasteiger partial charge is 0.330 e. The Labute approximate surface area is 150 Å². The zero-order valence-electron chi connectivity index (χ0n) is 17.1. The summed E-state index contributed by atoms with van der Waals surface area (Å²) in [5, 5.41) is 0. The zero-order valence-corrected chi connectivity index (χ0v) is 17.1. The van der Waals surface area contributed by atoms with Crippen LogP contribution in [0.15, 0.2) is 0 Å². The van der Waals surface area contributed by atoms with Gasteiger partial charge in [0.05, 0.1) is 0 Å². The van der Waals surface area contributed by atoms with Crippen molar-refractivity contribution in [3.63, 3.8) is 0 Å². The molecule has 0 radical (unpaired) electrons. The standard InChI is InChI=1S/2C10H22N2/c2*1-9(2)4-8(12)5-10(3,6-9)7-11/h2*8H,4-7,11-12H2,1-3H3/t8-,10+;8-,10-/m01/s1. The van der Waals surface area contributed by atoms with Crippen LogP contribution in [-0.2, 0) is 0 Å². The first-order chi connectivity index (χ1) is 10.7. The highest BCUT2D eigenvalue weighted by Gasteiger charge is 2.39. The van der Waals surface area contributed by atoms with Crippen LogP contribution in [0.1, 0.15) is 80.1 Å². The van der Waals surface area contributed by atoms with Gasteiger partial charge < -0.3 is 22.9 Å². The van der Waals surface area contributed by atoms with E-state index in [0.717, 1.165) is 38.8 Å². The lowest BCUT2D eigenvalue weighted by Gasteiger charge is -2.45. The molecule has 144 valence electrons. The van der Waals surface area contributed by atoms with Gasteiger partial charge in [0.15, 0.2) is 0 Å². The van der Waals surface area contributed by atoms with Gasteiger partial charge in [0.2, 0.25) is 0 Å². The third kappa shape index (κ3) is 6.62. The fraction of sp³-hybridized carbons (Fsp3) is 1.00. The Morgan fingerprint density at radius 3 is 1.12 bits per heavy atom. The third-order valence-electron chi connectivity index (χ3n) is 5.94. The van der Waals surface area contributed by atoms with Crippen LogP contribution in [0.3, 0.4) is 0 Å². The van der Waals surface area contributed by atoms with Crippen molar-refractivity contribution < 1.29 is 0 Å². The molecule has 2 saturated carbocycles. The van der Waals surface area contributed by atoms with E-state index in [-0.39, 0.29) is 10.8 Å². The van der Waals surface area contributed by atoms with Crippen LogP contribution in [0.2, 0.25) is 0 Å². The molecule has 0 aromatic heterocycles. The molecule has 0 heterocycles. The molecule has 2 aliphatic carbocycles. The van der Waals surface area contributed by atoms with Crippen molar-refractivity contribution in [3.05, 3.63) is 0 Å². The van der Waals surface area contributed by atoms with Gasteiger partial charge >= 0.3 is 0 Å². The summed E-state index contributed by atoms with van der Waals surface area (Å²) in [5.74, 6) is 0. The van der Waals surface area contributed by atoms with E-state index in [4.69, 9.17) is 22.9 Å². The lowest BCUT2D eigenvalue weighted by Crippen LogP contribution is -2.45. The van der Waals surface area contributed by atoms with E-state index in [2.05, 4.69) is 41.5 Å². The van der Waals surface area contributed by atoms with Crippen molar-refractivity contribution in [1.29, 1.82) is 0 Å². The molecule has 0 aliphatic heterocycles. The topological polar surface area (TPSA) is 104 Å². The molecule has 0 bridgehead atoms. The summed E-state index contributed by atoms with van der Waals surface area (Å²) in [6, 6.07) is 0.699. The zero-order chi connectivity index (χ0) is 18.8. The summed E-state index contributed by atoms with van der Waals surface area (Å²) < 4.78 is 0. The summed E-state index contributed by atoms with van der Waals surface area (Å²) in [7, 11) is 0. The highest BCUT2D eigenvalue weighted by molar-refractivity contribution is 4.94. The van der Waals surface area contributed by atoms with Crippen LogP contribution < -0.4 is 22.9 Å². The van der Waals surface area contributed by atoms with Crippen molar-refractivity contribution in [2.24, 2.45) is 44.6 Å². The normalized spacial score (nSPS) is 41.2. The Bertz CT molecular complexity index is 368. The van der Waals surface area contributed by atoms with Crippen LogP contribution in [0, 0.1) is 21.7 Å². The Morgan fingerprint density at radius 2 is 0.917 bits per heavy atom. The minimum Gasteiger partial charge on any atom is -0.330 e. The van der Waals surface area contributed by atoms with Gasteiger partial charge in [-0.15, -0.1) is 0 Å². The molecule has 0 spiro atoms.